The lowest BCUT2D eigenvalue weighted by atomic mass is 9.97. The quantitative estimate of drug-likeness (QED) is 0.420. The van der Waals surface area contributed by atoms with Crippen LogP contribution in [0.5, 0.6) is 0 Å². The van der Waals surface area contributed by atoms with E-state index < -0.39 is 16.1 Å². The molecule has 3 nitrogen and oxygen atoms in total. The van der Waals surface area contributed by atoms with Gasteiger partial charge in [-0.05, 0) is 45.1 Å². The fourth-order valence-electron chi connectivity index (χ4n) is 1.92. The van der Waals surface area contributed by atoms with Crippen LogP contribution in [-0.4, -0.2) is 26.6 Å². The average Bonchev–Trinajstić information content (AvgIpc) is 2.44. The van der Waals surface area contributed by atoms with Gasteiger partial charge in [-0.15, -0.1) is 0 Å². The maximum atomic E-state index is 12.1. The van der Waals surface area contributed by atoms with E-state index in [9.17, 15) is 4.55 Å². The lowest BCUT2D eigenvalue weighted by molar-refractivity contribution is 0.562. The highest BCUT2D eigenvalue weighted by Gasteiger charge is 2.27. The highest BCUT2D eigenvalue weighted by Crippen LogP contribution is 2.34. The number of hydrogen-bond donors (Lipinski definition) is 0. The zero-order chi connectivity index (χ0) is 17.2. The second kappa shape index (κ2) is 7.45. The van der Waals surface area contributed by atoms with Crippen LogP contribution >= 0.6 is 35.4 Å². The van der Waals surface area contributed by atoms with E-state index in [4.69, 9.17) is 35.4 Å². The topological polar surface area (TPSA) is 47.8 Å². The van der Waals surface area contributed by atoms with Crippen molar-refractivity contribution in [2.75, 3.05) is 0 Å². The lowest BCUT2D eigenvalue weighted by Gasteiger charge is -2.20. The van der Waals surface area contributed by atoms with Crippen molar-refractivity contribution >= 4 is 64.1 Å². The molecule has 1 heterocycles. The summed E-state index contributed by atoms with van der Waals surface area (Å²) in [5.74, 6) is 0. The molecule has 1 aliphatic rings. The zero-order valence-electron chi connectivity index (χ0n) is 12.9. The average molecular weight is 387 g/mol. The van der Waals surface area contributed by atoms with Crippen LogP contribution in [0.3, 0.4) is 0 Å². The molecule has 2 rings (SSSR count). The molecule has 2 unspecified atom stereocenters. The van der Waals surface area contributed by atoms with Crippen molar-refractivity contribution in [1.29, 1.82) is 0 Å². The lowest BCUT2D eigenvalue weighted by Crippen LogP contribution is -2.26. The first-order chi connectivity index (χ1) is 10.7. The Morgan fingerprint density at radius 2 is 2.04 bits per heavy atom. The van der Waals surface area contributed by atoms with Crippen LogP contribution in [0, 0.1) is 0 Å². The molecular formula is C16H16Cl2N2OS2. The molecule has 122 valence electrons. The number of halogens is 2. The summed E-state index contributed by atoms with van der Waals surface area (Å²) in [6.45, 7) is 5.58. The Labute approximate surface area is 154 Å². The summed E-state index contributed by atoms with van der Waals surface area (Å²) in [6, 6.07) is 3.00. The van der Waals surface area contributed by atoms with Crippen LogP contribution in [0.2, 0.25) is 10.0 Å². The highest BCUT2D eigenvalue weighted by molar-refractivity contribution is 7.91. The summed E-state index contributed by atoms with van der Waals surface area (Å²) >= 11 is 16.4. The third-order valence-corrected chi connectivity index (χ3v) is 5.30. The number of benzene rings is 1. The number of hydrogen-bond acceptors (Lipinski definition) is 4. The molecule has 0 bridgehead atoms. The Morgan fingerprint density at radius 3 is 2.65 bits per heavy atom. The van der Waals surface area contributed by atoms with Crippen LogP contribution in [0.25, 0.3) is 0 Å². The minimum Gasteiger partial charge on any atom is -0.591 e. The largest absolute Gasteiger partial charge is 0.591 e. The van der Waals surface area contributed by atoms with E-state index in [-0.39, 0.29) is 6.04 Å². The molecule has 2 atom stereocenters. The normalized spacial score (nSPS) is 19.6. The first-order valence-corrected chi connectivity index (χ1v) is 9.16. The van der Waals surface area contributed by atoms with Gasteiger partial charge >= 0.3 is 0 Å². The molecule has 7 heteroatoms. The van der Waals surface area contributed by atoms with Gasteiger partial charge in [-0.2, -0.15) is 0 Å². The Balaban J connectivity index is 2.47. The van der Waals surface area contributed by atoms with E-state index in [1.54, 1.807) is 24.4 Å². The van der Waals surface area contributed by atoms with Gasteiger partial charge in [0.05, 0.1) is 6.21 Å². The van der Waals surface area contributed by atoms with Gasteiger partial charge in [0.1, 0.15) is 22.2 Å². The van der Waals surface area contributed by atoms with Crippen LogP contribution in [0.15, 0.2) is 33.7 Å². The van der Waals surface area contributed by atoms with Crippen molar-refractivity contribution < 1.29 is 4.55 Å². The maximum absolute atomic E-state index is 12.1. The van der Waals surface area contributed by atoms with E-state index in [0.717, 1.165) is 5.56 Å². The smallest absolute Gasteiger partial charge is 0.144 e. The van der Waals surface area contributed by atoms with E-state index in [1.165, 1.54) is 6.21 Å². The number of aliphatic imine (C=N–C) groups is 1. The number of thiocarbonyl (C=S) groups is 1. The molecule has 23 heavy (non-hydrogen) atoms. The van der Waals surface area contributed by atoms with E-state index in [0.29, 0.717) is 20.5 Å². The van der Waals surface area contributed by atoms with Crippen LogP contribution in [0.4, 0.5) is 0 Å². The number of nitrogens with zero attached hydrogens (tertiary/aromatic N) is 2. The monoisotopic (exact) mass is 386 g/mol. The van der Waals surface area contributed by atoms with Crippen LogP contribution < -0.4 is 0 Å². The fraction of sp³-hybridized carbons (Fsp3) is 0.312. The molecule has 0 saturated carbocycles. The molecule has 0 amide bonds. The SMILES string of the molecule is CC(C)(C)[S+]([O-])N=Cc1cc(Cl)cc(Cl)c1C1N=CC=CC1=S. The fourth-order valence-corrected chi connectivity index (χ4v) is 3.31. The predicted molar refractivity (Wildman–Crippen MR) is 105 cm³/mol. The third kappa shape index (κ3) is 4.64. The Morgan fingerprint density at radius 1 is 1.35 bits per heavy atom. The number of rotatable bonds is 3. The van der Waals surface area contributed by atoms with Gasteiger partial charge in [0.15, 0.2) is 0 Å². The number of allylic oxidation sites excluding steroid dienone is 1. The second-order valence-corrected chi connectivity index (χ2v) is 9.20. The molecule has 0 spiro atoms. The predicted octanol–water partition coefficient (Wildman–Crippen LogP) is 4.93. The summed E-state index contributed by atoms with van der Waals surface area (Å²) in [4.78, 5) is 5.05. The molecule has 0 aromatic heterocycles. The highest BCUT2D eigenvalue weighted by atomic mass is 35.5. The Hall–Kier alpha value is -0.720. The molecule has 0 aliphatic carbocycles. The molecule has 0 saturated heterocycles. The molecule has 1 aromatic rings. The second-order valence-electron chi connectivity index (χ2n) is 5.95. The number of dihydropyridines is 1. The minimum atomic E-state index is -1.37. The summed E-state index contributed by atoms with van der Waals surface area (Å²) in [5, 5.41) is 0.934. The van der Waals surface area contributed by atoms with Gasteiger partial charge < -0.3 is 4.55 Å². The van der Waals surface area contributed by atoms with Crippen LogP contribution in [-0.2, 0) is 11.4 Å². The first-order valence-electron chi connectivity index (χ1n) is 6.89. The van der Waals surface area contributed by atoms with Gasteiger partial charge in [-0.3, -0.25) is 4.99 Å². The molecule has 0 N–H and O–H groups in total. The standard InChI is InChI=1S/C16H16Cl2N2OS2/c1-16(2,3)23(21)20-9-10-7-11(17)8-12(18)14(10)15-13(22)5-4-6-19-15/h4-9,15H,1-3H3. The van der Waals surface area contributed by atoms with Gasteiger partial charge in [0.2, 0.25) is 0 Å². The summed E-state index contributed by atoms with van der Waals surface area (Å²) in [6.07, 6.45) is 6.81. The van der Waals surface area contributed by atoms with Gasteiger partial charge in [-0.1, -0.05) is 39.8 Å². The van der Waals surface area contributed by atoms with E-state index >= 15 is 0 Å². The maximum Gasteiger partial charge on any atom is 0.144 e. The molecule has 0 radical (unpaired) electrons. The molecule has 1 aromatic carbocycles. The van der Waals surface area contributed by atoms with Crippen molar-refractivity contribution in [2.45, 2.75) is 31.6 Å². The van der Waals surface area contributed by atoms with Gasteiger partial charge in [0, 0.05) is 32.3 Å². The van der Waals surface area contributed by atoms with E-state index in [2.05, 4.69) is 9.39 Å². The molecule has 1 aliphatic heterocycles. The van der Waals surface area contributed by atoms with Gasteiger partial charge in [0.25, 0.3) is 0 Å². The third-order valence-electron chi connectivity index (χ3n) is 3.06. The summed E-state index contributed by atoms with van der Waals surface area (Å²) in [5.41, 5.74) is 1.39. The van der Waals surface area contributed by atoms with Crippen molar-refractivity contribution in [1.82, 2.24) is 0 Å². The summed E-state index contributed by atoms with van der Waals surface area (Å²) in [7, 11) is 0. The molecular weight excluding hydrogens is 371 g/mol. The Bertz CT molecular complexity index is 709. The van der Waals surface area contributed by atoms with Crippen LogP contribution in [0.1, 0.15) is 37.9 Å². The first kappa shape index (κ1) is 18.6. The molecule has 0 fully saturated rings. The van der Waals surface area contributed by atoms with Gasteiger partial charge in [-0.25, -0.2) is 0 Å². The van der Waals surface area contributed by atoms with Crippen molar-refractivity contribution in [3.05, 3.63) is 45.5 Å². The van der Waals surface area contributed by atoms with E-state index in [1.807, 2.05) is 26.8 Å². The zero-order valence-corrected chi connectivity index (χ0v) is 16.1. The van der Waals surface area contributed by atoms with Crippen molar-refractivity contribution in [3.63, 3.8) is 0 Å². The minimum absolute atomic E-state index is 0.371. The summed E-state index contributed by atoms with van der Waals surface area (Å²) < 4.78 is 15.8. The van der Waals surface area contributed by atoms with Crippen molar-refractivity contribution in [2.24, 2.45) is 9.39 Å². The van der Waals surface area contributed by atoms with Crippen molar-refractivity contribution in [3.8, 4) is 0 Å². The Kier molecular flexibility index (Phi) is 6.03.